The van der Waals surface area contributed by atoms with Crippen molar-refractivity contribution in [3.8, 4) is 22.8 Å². The van der Waals surface area contributed by atoms with Gasteiger partial charge in [-0.15, -0.1) is 0 Å². The number of aryl methyl sites for hydroxylation is 1. The second-order valence-electron chi connectivity index (χ2n) is 6.52. The van der Waals surface area contributed by atoms with Gasteiger partial charge in [0.2, 0.25) is 11.7 Å². The van der Waals surface area contributed by atoms with Crippen molar-refractivity contribution in [2.45, 2.75) is 19.4 Å². The first-order valence-electron chi connectivity index (χ1n) is 9.43. The van der Waals surface area contributed by atoms with E-state index >= 15 is 0 Å². The summed E-state index contributed by atoms with van der Waals surface area (Å²) in [4.78, 5) is 16.4. The van der Waals surface area contributed by atoms with Gasteiger partial charge in [0.15, 0.2) is 0 Å². The van der Waals surface area contributed by atoms with Crippen LogP contribution in [0.25, 0.3) is 17.1 Å². The minimum absolute atomic E-state index is 0.162. The Morgan fingerprint density at radius 2 is 1.90 bits per heavy atom. The Balaban J connectivity index is 1.25. The molecule has 0 spiro atoms. The van der Waals surface area contributed by atoms with Gasteiger partial charge in [-0.3, -0.25) is 4.79 Å². The molecule has 0 aliphatic heterocycles. The van der Waals surface area contributed by atoms with Crippen LogP contribution in [-0.2, 0) is 22.6 Å². The number of carbonyl (C=O) groups excluding carboxylic acids is 1. The molecule has 2 heterocycles. The van der Waals surface area contributed by atoms with Gasteiger partial charge in [0, 0.05) is 24.4 Å². The number of methoxy groups -OCH3 is 1. The van der Waals surface area contributed by atoms with Crippen LogP contribution in [0, 0.1) is 0 Å². The first-order valence-corrected chi connectivity index (χ1v) is 9.43. The van der Waals surface area contributed by atoms with Crippen LogP contribution >= 0.6 is 0 Å². The van der Waals surface area contributed by atoms with Crippen LogP contribution in [0.3, 0.4) is 0 Å². The molecule has 0 fully saturated rings. The summed E-state index contributed by atoms with van der Waals surface area (Å²) in [6, 6.07) is 16.9. The lowest BCUT2D eigenvalue weighted by atomic mass is 10.2. The van der Waals surface area contributed by atoms with Crippen molar-refractivity contribution in [1.82, 2.24) is 19.9 Å². The number of esters is 1. The van der Waals surface area contributed by atoms with E-state index in [-0.39, 0.29) is 19.0 Å². The third kappa shape index (κ3) is 4.72. The smallest absolute Gasteiger partial charge is 0.306 e. The molecule has 4 aromatic rings. The average molecular weight is 404 g/mol. The van der Waals surface area contributed by atoms with Gasteiger partial charge in [-0.25, -0.2) is 4.68 Å². The summed E-state index contributed by atoms with van der Waals surface area (Å²) in [5.41, 5.74) is 2.66. The number of ether oxygens (including phenoxy) is 2. The van der Waals surface area contributed by atoms with Gasteiger partial charge in [0.25, 0.3) is 0 Å². The highest BCUT2D eigenvalue weighted by atomic mass is 16.5. The highest BCUT2D eigenvalue weighted by Crippen LogP contribution is 2.20. The minimum Gasteiger partial charge on any atom is -0.497 e. The normalized spacial score (nSPS) is 10.7. The minimum atomic E-state index is -0.324. The molecule has 152 valence electrons. The topological polar surface area (TPSA) is 92.3 Å². The Hall–Kier alpha value is -3.94. The predicted molar refractivity (Wildman–Crippen MR) is 108 cm³/mol. The van der Waals surface area contributed by atoms with E-state index in [0.29, 0.717) is 18.1 Å². The molecule has 8 heteroatoms. The van der Waals surface area contributed by atoms with Gasteiger partial charge < -0.3 is 14.0 Å². The van der Waals surface area contributed by atoms with Crippen LogP contribution in [0.1, 0.15) is 17.9 Å². The van der Waals surface area contributed by atoms with Gasteiger partial charge in [-0.1, -0.05) is 17.3 Å². The fourth-order valence-electron chi connectivity index (χ4n) is 2.83. The number of benzene rings is 2. The molecule has 8 nitrogen and oxygen atoms in total. The monoisotopic (exact) mass is 404 g/mol. The van der Waals surface area contributed by atoms with Crippen molar-refractivity contribution in [2.75, 3.05) is 7.11 Å². The zero-order chi connectivity index (χ0) is 20.8. The van der Waals surface area contributed by atoms with E-state index in [1.54, 1.807) is 18.0 Å². The third-order valence-electron chi connectivity index (χ3n) is 4.46. The lowest BCUT2D eigenvalue weighted by Crippen LogP contribution is -2.06. The molecular formula is C22H20N4O4. The maximum absolute atomic E-state index is 12.1. The molecule has 0 aliphatic carbocycles. The van der Waals surface area contributed by atoms with E-state index in [1.165, 1.54) is 0 Å². The first kappa shape index (κ1) is 19.4. The van der Waals surface area contributed by atoms with Crippen LogP contribution in [-0.4, -0.2) is 33.0 Å². The second-order valence-corrected chi connectivity index (χ2v) is 6.52. The lowest BCUT2D eigenvalue weighted by Gasteiger charge is -2.06. The molecule has 0 aliphatic rings. The molecule has 0 saturated heterocycles. The van der Waals surface area contributed by atoms with E-state index < -0.39 is 0 Å². The summed E-state index contributed by atoms with van der Waals surface area (Å²) in [6.07, 6.45) is 4.07. The Morgan fingerprint density at radius 3 is 2.60 bits per heavy atom. The van der Waals surface area contributed by atoms with Crippen LogP contribution in [0.5, 0.6) is 5.75 Å². The standard InChI is InChI=1S/C22H20N4O4/c1-28-19-9-5-17(6-10-19)22-24-20(30-25-22)11-12-21(27)29-15-16-3-7-18(8-4-16)26-14-2-13-23-26/h2-10,13-14H,11-12,15H2,1H3. The summed E-state index contributed by atoms with van der Waals surface area (Å²) in [7, 11) is 1.61. The Kier molecular flexibility index (Phi) is 5.84. The first-order chi connectivity index (χ1) is 14.7. The fourth-order valence-corrected chi connectivity index (χ4v) is 2.83. The van der Waals surface area contributed by atoms with Crippen LogP contribution in [0.4, 0.5) is 0 Å². The van der Waals surface area contributed by atoms with Gasteiger partial charge in [0.05, 0.1) is 19.2 Å². The molecule has 2 aromatic carbocycles. The Labute approximate surface area is 173 Å². The molecule has 30 heavy (non-hydrogen) atoms. The highest BCUT2D eigenvalue weighted by Gasteiger charge is 2.12. The van der Waals surface area contributed by atoms with Crippen LogP contribution in [0.2, 0.25) is 0 Å². The molecule has 0 bridgehead atoms. The summed E-state index contributed by atoms with van der Waals surface area (Å²) in [5.74, 6) is 1.29. The predicted octanol–water partition coefficient (Wildman–Crippen LogP) is 3.61. The maximum Gasteiger partial charge on any atom is 0.306 e. The van der Waals surface area contributed by atoms with Crippen molar-refractivity contribution in [3.05, 3.63) is 78.4 Å². The van der Waals surface area contributed by atoms with Crippen molar-refractivity contribution in [3.63, 3.8) is 0 Å². The second kappa shape index (κ2) is 9.04. The van der Waals surface area contributed by atoms with E-state index in [2.05, 4.69) is 15.2 Å². The third-order valence-corrected chi connectivity index (χ3v) is 4.46. The largest absolute Gasteiger partial charge is 0.497 e. The summed E-state index contributed by atoms with van der Waals surface area (Å²) in [5, 5.41) is 8.13. The van der Waals surface area contributed by atoms with E-state index in [1.807, 2.05) is 60.8 Å². The van der Waals surface area contributed by atoms with Crippen LogP contribution < -0.4 is 4.74 Å². The van der Waals surface area contributed by atoms with Crippen molar-refractivity contribution < 1.29 is 18.8 Å². The van der Waals surface area contributed by atoms with Crippen molar-refractivity contribution in [1.29, 1.82) is 0 Å². The van der Waals surface area contributed by atoms with E-state index in [9.17, 15) is 4.79 Å². The Bertz CT molecular complexity index is 1090. The maximum atomic E-state index is 12.1. The SMILES string of the molecule is COc1ccc(-c2noc(CCC(=O)OCc3ccc(-n4cccn4)cc3)n2)cc1. The van der Waals surface area contributed by atoms with E-state index in [0.717, 1.165) is 22.6 Å². The zero-order valence-electron chi connectivity index (χ0n) is 16.4. The molecule has 2 aromatic heterocycles. The van der Waals surface area contributed by atoms with Gasteiger partial charge in [-0.05, 0) is 48.0 Å². The van der Waals surface area contributed by atoms with Gasteiger partial charge in [0.1, 0.15) is 12.4 Å². The van der Waals surface area contributed by atoms with E-state index in [4.69, 9.17) is 14.0 Å². The van der Waals surface area contributed by atoms with Crippen LogP contribution in [0.15, 0.2) is 71.5 Å². The summed E-state index contributed by atoms with van der Waals surface area (Å²) >= 11 is 0. The summed E-state index contributed by atoms with van der Waals surface area (Å²) in [6.45, 7) is 0.207. The molecule has 0 atom stereocenters. The molecule has 0 saturated carbocycles. The zero-order valence-corrected chi connectivity index (χ0v) is 16.4. The average Bonchev–Trinajstić information content (AvgIpc) is 3.49. The number of rotatable bonds is 8. The van der Waals surface area contributed by atoms with Crippen molar-refractivity contribution in [2.24, 2.45) is 0 Å². The van der Waals surface area contributed by atoms with Gasteiger partial charge in [-0.2, -0.15) is 10.1 Å². The molecule has 0 unspecified atom stereocenters. The fraction of sp³-hybridized carbons (Fsp3) is 0.182. The number of hydrogen-bond donors (Lipinski definition) is 0. The molecule has 0 amide bonds. The molecular weight excluding hydrogens is 384 g/mol. The Morgan fingerprint density at radius 1 is 1.10 bits per heavy atom. The summed E-state index contributed by atoms with van der Waals surface area (Å²) < 4.78 is 17.5. The molecule has 0 N–H and O–H groups in total. The van der Waals surface area contributed by atoms with Gasteiger partial charge >= 0.3 is 5.97 Å². The molecule has 0 radical (unpaired) electrons. The number of nitrogens with zero attached hydrogens (tertiary/aromatic N) is 4. The molecule has 4 rings (SSSR count). The lowest BCUT2D eigenvalue weighted by molar-refractivity contribution is -0.145. The highest BCUT2D eigenvalue weighted by molar-refractivity contribution is 5.69. The number of hydrogen-bond acceptors (Lipinski definition) is 7. The number of carbonyl (C=O) groups is 1. The quantitative estimate of drug-likeness (QED) is 0.414. The number of aromatic nitrogens is 4. The van der Waals surface area contributed by atoms with Crippen molar-refractivity contribution >= 4 is 5.97 Å².